The molecule has 0 aromatic rings. The molecule has 0 spiro atoms. The third-order valence-corrected chi connectivity index (χ3v) is 3.62. The van der Waals surface area contributed by atoms with Crippen molar-refractivity contribution >= 4 is 0 Å². The molecule has 0 aromatic carbocycles. The zero-order valence-electron chi connectivity index (χ0n) is 10.4. The van der Waals surface area contributed by atoms with Gasteiger partial charge in [-0.25, -0.2) is 0 Å². The molecule has 2 aliphatic carbocycles. The monoisotopic (exact) mass is 250 g/mol. The second kappa shape index (κ2) is 9.72. The van der Waals surface area contributed by atoms with Crippen molar-refractivity contribution in [2.75, 3.05) is 0 Å². The molecular formula is C14H26Fe. The molecule has 1 heteroatoms. The molecule has 0 aromatic heterocycles. The van der Waals surface area contributed by atoms with Crippen LogP contribution in [0.3, 0.4) is 0 Å². The molecule has 0 N–H and O–H groups in total. The Kier molecular flexibility index (Phi) is 10.1. The van der Waals surface area contributed by atoms with Crippen molar-refractivity contribution in [3.63, 3.8) is 0 Å². The molecule has 90 valence electrons. The minimum absolute atomic E-state index is 0. The number of hydrogen-bond donors (Lipinski definition) is 0. The van der Waals surface area contributed by atoms with Gasteiger partial charge in [0.05, 0.1) is 0 Å². The first kappa shape index (κ1) is 15.5. The SMILES string of the molecule is CC[C]1CCCC1.CC[C]1CCCC1.[Fe]. The fourth-order valence-corrected chi connectivity index (χ4v) is 2.46. The Bertz CT molecular complexity index is 105. The largest absolute Gasteiger partial charge is 0.0648 e. The van der Waals surface area contributed by atoms with Crippen LogP contribution in [-0.4, -0.2) is 0 Å². The topological polar surface area (TPSA) is 0 Å². The van der Waals surface area contributed by atoms with Gasteiger partial charge in [0, 0.05) is 17.1 Å². The zero-order valence-corrected chi connectivity index (χ0v) is 11.5. The molecule has 2 aliphatic rings. The van der Waals surface area contributed by atoms with Crippen molar-refractivity contribution < 1.29 is 17.1 Å². The molecule has 0 heterocycles. The van der Waals surface area contributed by atoms with Gasteiger partial charge < -0.3 is 0 Å². The van der Waals surface area contributed by atoms with E-state index < -0.39 is 0 Å². The van der Waals surface area contributed by atoms with Crippen LogP contribution in [0.4, 0.5) is 0 Å². The van der Waals surface area contributed by atoms with E-state index in [1.165, 1.54) is 64.2 Å². The summed E-state index contributed by atoms with van der Waals surface area (Å²) in [5.74, 6) is 3.58. The molecule has 0 atom stereocenters. The van der Waals surface area contributed by atoms with Gasteiger partial charge in [-0.15, -0.1) is 0 Å². The van der Waals surface area contributed by atoms with Gasteiger partial charge in [-0.2, -0.15) is 0 Å². The molecule has 0 unspecified atom stereocenters. The van der Waals surface area contributed by atoms with Crippen LogP contribution in [0, 0.1) is 11.8 Å². The van der Waals surface area contributed by atoms with Crippen molar-refractivity contribution in [1.82, 2.24) is 0 Å². The Labute approximate surface area is 107 Å². The van der Waals surface area contributed by atoms with Crippen molar-refractivity contribution in [1.29, 1.82) is 0 Å². The summed E-state index contributed by atoms with van der Waals surface area (Å²) in [4.78, 5) is 0. The maximum absolute atomic E-state index is 2.26. The average molecular weight is 250 g/mol. The van der Waals surface area contributed by atoms with E-state index in [2.05, 4.69) is 13.8 Å². The minimum Gasteiger partial charge on any atom is -0.0648 e. The van der Waals surface area contributed by atoms with Crippen LogP contribution >= 0.6 is 0 Å². The van der Waals surface area contributed by atoms with Crippen LogP contribution in [0.15, 0.2) is 0 Å². The minimum atomic E-state index is 0. The molecule has 2 fully saturated rings. The predicted molar refractivity (Wildman–Crippen MR) is 64.0 cm³/mol. The van der Waals surface area contributed by atoms with Crippen LogP contribution in [-0.2, 0) is 17.1 Å². The van der Waals surface area contributed by atoms with Crippen molar-refractivity contribution in [2.45, 2.75) is 78.1 Å². The molecule has 0 aliphatic heterocycles. The molecule has 2 radical (unpaired) electrons. The molecule has 15 heavy (non-hydrogen) atoms. The second-order valence-electron chi connectivity index (χ2n) is 4.62. The molecular weight excluding hydrogens is 224 g/mol. The van der Waals surface area contributed by atoms with Crippen LogP contribution in [0.1, 0.15) is 78.1 Å². The summed E-state index contributed by atoms with van der Waals surface area (Å²) in [5, 5.41) is 0. The zero-order chi connectivity index (χ0) is 10.2. The van der Waals surface area contributed by atoms with Crippen LogP contribution in [0.25, 0.3) is 0 Å². The summed E-state index contributed by atoms with van der Waals surface area (Å²) >= 11 is 0. The fourth-order valence-electron chi connectivity index (χ4n) is 2.46. The van der Waals surface area contributed by atoms with Crippen molar-refractivity contribution in [3.8, 4) is 0 Å². The standard InChI is InChI=1S/2C7H13.Fe/c2*1-2-7-5-3-4-6-7;/h2*2-6H2,1H3;. The molecule has 2 rings (SSSR count). The second-order valence-corrected chi connectivity index (χ2v) is 4.62. The third kappa shape index (κ3) is 6.64. The van der Waals surface area contributed by atoms with E-state index in [-0.39, 0.29) is 17.1 Å². The van der Waals surface area contributed by atoms with Crippen molar-refractivity contribution in [3.05, 3.63) is 11.8 Å². The molecule has 2 saturated carbocycles. The molecule has 0 bridgehead atoms. The van der Waals surface area contributed by atoms with Gasteiger partial charge in [-0.05, 0) is 50.4 Å². The van der Waals surface area contributed by atoms with Gasteiger partial charge in [0.25, 0.3) is 0 Å². The maximum atomic E-state index is 2.26. The Hall–Kier alpha value is 0.519. The van der Waals surface area contributed by atoms with Gasteiger partial charge in [-0.3, -0.25) is 0 Å². The maximum Gasteiger partial charge on any atom is 0 e. The Balaban J connectivity index is 0.000000245. The van der Waals surface area contributed by atoms with Crippen LogP contribution in [0.5, 0.6) is 0 Å². The van der Waals surface area contributed by atoms with E-state index in [0.29, 0.717) is 0 Å². The third-order valence-electron chi connectivity index (χ3n) is 3.62. The van der Waals surface area contributed by atoms with E-state index >= 15 is 0 Å². The molecule has 0 amide bonds. The quantitative estimate of drug-likeness (QED) is 0.599. The summed E-state index contributed by atoms with van der Waals surface area (Å²) in [6.07, 6.45) is 14.2. The summed E-state index contributed by atoms with van der Waals surface area (Å²) in [5.41, 5.74) is 0. The molecule has 0 nitrogen and oxygen atoms in total. The number of hydrogen-bond acceptors (Lipinski definition) is 0. The van der Waals surface area contributed by atoms with Gasteiger partial charge >= 0.3 is 0 Å². The number of rotatable bonds is 2. The normalized spacial score (nSPS) is 22.0. The fraction of sp³-hybridized carbons (Fsp3) is 0.857. The first-order chi connectivity index (χ1) is 6.86. The summed E-state index contributed by atoms with van der Waals surface area (Å²) < 4.78 is 0. The predicted octanol–water partition coefficient (Wildman–Crippen LogP) is 5.09. The summed E-state index contributed by atoms with van der Waals surface area (Å²) in [6, 6.07) is 0. The summed E-state index contributed by atoms with van der Waals surface area (Å²) in [7, 11) is 0. The van der Waals surface area contributed by atoms with E-state index in [1.54, 1.807) is 11.8 Å². The van der Waals surface area contributed by atoms with Gasteiger partial charge in [-0.1, -0.05) is 39.5 Å². The van der Waals surface area contributed by atoms with Gasteiger partial charge in [0.2, 0.25) is 0 Å². The van der Waals surface area contributed by atoms with Gasteiger partial charge in [0.1, 0.15) is 0 Å². The Morgan fingerprint density at radius 3 is 1.07 bits per heavy atom. The van der Waals surface area contributed by atoms with E-state index in [1.807, 2.05) is 0 Å². The smallest absolute Gasteiger partial charge is 0 e. The Morgan fingerprint density at radius 2 is 0.933 bits per heavy atom. The first-order valence-electron chi connectivity index (χ1n) is 6.54. The van der Waals surface area contributed by atoms with E-state index in [9.17, 15) is 0 Å². The Morgan fingerprint density at radius 1 is 0.667 bits per heavy atom. The van der Waals surface area contributed by atoms with E-state index in [4.69, 9.17) is 0 Å². The average Bonchev–Trinajstić information content (AvgIpc) is 2.92. The van der Waals surface area contributed by atoms with Gasteiger partial charge in [0.15, 0.2) is 0 Å². The van der Waals surface area contributed by atoms with Crippen LogP contribution < -0.4 is 0 Å². The van der Waals surface area contributed by atoms with Crippen LogP contribution in [0.2, 0.25) is 0 Å². The van der Waals surface area contributed by atoms with Crippen molar-refractivity contribution in [2.24, 2.45) is 0 Å². The first-order valence-corrected chi connectivity index (χ1v) is 6.54. The molecule has 0 saturated heterocycles. The van der Waals surface area contributed by atoms with E-state index in [0.717, 1.165) is 0 Å². The summed E-state index contributed by atoms with van der Waals surface area (Å²) in [6.45, 7) is 4.53.